The van der Waals surface area contributed by atoms with Gasteiger partial charge in [0, 0.05) is 24.5 Å². The molecule has 192 valence electrons. The van der Waals surface area contributed by atoms with Crippen LogP contribution in [0, 0.1) is 0 Å². The van der Waals surface area contributed by atoms with Crippen LogP contribution < -0.4 is 10.0 Å². The van der Waals surface area contributed by atoms with E-state index >= 15 is 0 Å². The molecular formula is C25H37F3N2O2S2. The molecule has 2 rings (SSSR count). The van der Waals surface area contributed by atoms with Crippen molar-refractivity contribution in [3.8, 4) is 0 Å². The number of thiophene rings is 1. The Hall–Kier alpha value is -1.42. The lowest BCUT2D eigenvalue weighted by Gasteiger charge is -2.08. The molecule has 1 aromatic heterocycles. The number of hydrogen-bond acceptors (Lipinski definition) is 4. The third-order valence-electron chi connectivity index (χ3n) is 5.63. The molecule has 1 heterocycles. The van der Waals surface area contributed by atoms with Gasteiger partial charge < -0.3 is 5.32 Å². The van der Waals surface area contributed by atoms with Gasteiger partial charge in [-0.15, -0.1) is 11.3 Å². The quantitative estimate of drug-likeness (QED) is 0.217. The molecule has 2 aromatic rings. The predicted molar refractivity (Wildman–Crippen MR) is 133 cm³/mol. The van der Waals surface area contributed by atoms with E-state index in [0.717, 1.165) is 41.8 Å². The lowest BCUT2D eigenvalue weighted by Crippen LogP contribution is -2.23. The number of alkyl halides is 3. The van der Waals surface area contributed by atoms with Gasteiger partial charge in [0.15, 0.2) is 0 Å². The fourth-order valence-corrected chi connectivity index (χ4v) is 6.07. The van der Waals surface area contributed by atoms with Crippen molar-refractivity contribution < 1.29 is 21.6 Å². The average molecular weight is 519 g/mol. The Bertz CT molecular complexity index is 926. The number of rotatable bonds is 17. The number of benzene rings is 1. The molecule has 0 atom stereocenters. The Morgan fingerprint density at radius 2 is 1.38 bits per heavy atom. The lowest BCUT2D eigenvalue weighted by molar-refractivity contribution is -0.137. The van der Waals surface area contributed by atoms with E-state index in [1.54, 1.807) is 12.1 Å². The van der Waals surface area contributed by atoms with Gasteiger partial charge in [0.1, 0.15) is 4.21 Å². The summed E-state index contributed by atoms with van der Waals surface area (Å²) in [5, 5.41) is 3.15. The summed E-state index contributed by atoms with van der Waals surface area (Å²) in [6.45, 7) is 3.51. The molecular weight excluding hydrogens is 481 g/mol. The van der Waals surface area contributed by atoms with Gasteiger partial charge in [-0.2, -0.15) is 13.2 Å². The van der Waals surface area contributed by atoms with Crippen LogP contribution in [0.2, 0.25) is 0 Å². The van der Waals surface area contributed by atoms with Gasteiger partial charge in [-0.25, -0.2) is 13.1 Å². The molecule has 1 aromatic carbocycles. The van der Waals surface area contributed by atoms with Gasteiger partial charge in [0.25, 0.3) is 0 Å². The molecule has 4 nitrogen and oxygen atoms in total. The molecule has 34 heavy (non-hydrogen) atoms. The van der Waals surface area contributed by atoms with E-state index in [0.29, 0.717) is 19.6 Å². The fraction of sp³-hybridized carbons (Fsp3) is 0.600. The van der Waals surface area contributed by atoms with Crippen molar-refractivity contribution in [3.05, 3.63) is 52.4 Å². The minimum absolute atomic E-state index is 0.283. The first-order valence-corrected chi connectivity index (χ1v) is 14.5. The Morgan fingerprint density at radius 3 is 1.97 bits per heavy atom. The van der Waals surface area contributed by atoms with Crippen LogP contribution in [-0.4, -0.2) is 15.0 Å². The molecule has 0 fully saturated rings. The van der Waals surface area contributed by atoms with E-state index in [1.165, 1.54) is 68.4 Å². The molecule has 0 unspecified atom stereocenters. The second kappa shape index (κ2) is 14.9. The zero-order valence-electron chi connectivity index (χ0n) is 19.9. The number of unbranched alkanes of at least 4 members (excludes halogenated alkanes) is 9. The van der Waals surface area contributed by atoms with Crippen molar-refractivity contribution in [1.29, 1.82) is 0 Å². The molecule has 0 saturated carbocycles. The molecule has 2 N–H and O–H groups in total. The largest absolute Gasteiger partial charge is 0.416 e. The summed E-state index contributed by atoms with van der Waals surface area (Å²) in [6, 6.07) is 8.37. The first-order valence-electron chi connectivity index (χ1n) is 12.2. The Balaban J connectivity index is 1.62. The van der Waals surface area contributed by atoms with E-state index in [9.17, 15) is 21.6 Å². The predicted octanol–water partition coefficient (Wildman–Crippen LogP) is 7.26. The van der Waals surface area contributed by atoms with Crippen LogP contribution in [0.5, 0.6) is 0 Å². The van der Waals surface area contributed by atoms with Crippen LogP contribution in [0.25, 0.3) is 0 Å². The number of hydrogen-bond donors (Lipinski definition) is 2. The summed E-state index contributed by atoms with van der Waals surface area (Å²) in [5.74, 6) is 0. The lowest BCUT2D eigenvalue weighted by atomic mass is 10.1. The van der Waals surface area contributed by atoms with Crippen molar-refractivity contribution in [2.45, 2.75) is 94.6 Å². The highest BCUT2D eigenvalue weighted by molar-refractivity contribution is 7.91. The molecule has 0 spiro atoms. The highest BCUT2D eigenvalue weighted by atomic mass is 32.2. The summed E-state index contributed by atoms with van der Waals surface area (Å²) in [7, 11) is -3.51. The van der Waals surface area contributed by atoms with Crippen LogP contribution in [0.1, 0.15) is 87.1 Å². The number of nitrogens with one attached hydrogen (secondary N) is 2. The summed E-state index contributed by atoms with van der Waals surface area (Å²) >= 11 is 1.20. The first kappa shape index (κ1) is 28.8. The minimum atomic E-state index is -4.34. The maximum Gasteiger partial charge on any atom is 0.416 e. The molecule has 0 amide bonds. The Kier molecular flexibility index (Phi) is 12.6. The highest BCUT2D eigenvalue weighted by Gasteiger charge is 2.29. The smallest absolute Gasteiger partial charge is 0.308 e. The van der Waals surface area contributed by atoms with Crippen LogP contribution in [0.15, 0.2) is 40.6 Å². The van der Waals surface area contributed by atoms with Crippen molar-refractivity contribution >= 4 is 21.4 Å². The van der Waals surface area contributed by atoms with E-state index in [-0.39, 0.29) is 4.21 Å². The van der Waals surface area contributed by atoms with E-state index in [2.05, 4.69) is 17.0 Å². The molecule has 0 bridgehead atoms. The van der Waals surface area contributed by atoms with E-state index in [4.69, 9.17) is 0 Å². The molecule has 0 saturated heterocycles. The maximum atomic E-state index is 12.6. The summed E-state index contributed by atoms with van der Waals surface area (Å²) in [4.78, 5) is 0.853. The fourth-order valence-electron chi connectivity index (χ4n) is 3.63. The Labute approximate surface area is 206 Å². The third-order valence-corrected chi connectivity index (χ3v) is 8.67. The zero-order chi connectivity index (χ0) is 24.9. The van der Waals surface area contributed by atoms with Crippen LogP contribution >= 0.6 is 11.3 Å². The van der Waals surface area contributed by atoms with Crippen molar-refractivity contribution in [2.24, 2.45) is 0 Å². The standard InChI is InChI=1S/C25H37F3N2O2S2/c1-2-3-4-5-6-7-8-9-10-11-18-30-34(31,32)24-17-16-23(33-24)20-29-19-21-12-14-22(15-13-21)25(26,27)28/h12-17,29-30H,2-11,18-20H2,1H3. The topological polar surface area (TPSA) is 58.2 Å². The minimum Gasteiger partial charge on any atom is -0.308 e. The van der Waals surface area contributed by atoms with Crippen molar-refractivity contribution in [1.82, 2.24) is 10.0 Å². The van der Waals surface area contributed by atoms with Gasteiger partial charge >= 0.3 is 6.18 Å². The summed E-state index contributed by atoms with van der Waals surface area (Å²) in [5.41, 5.74) is 0.0604. The van der Waals surface area contributed by atoms with Gasteiger partial charge in [-0.05, 0) is 36.2 Å². The summed E-state index contributed by atoms with van der Waals surface area (Å²) < 4.78 is 65.9. The zero-order valence-corrected chi connectivity index (χ0v) is 21.6. The van der Waals surface area contributed by atoms with E-state index < -0.39 is 21.8 Å². The SMILES string of the molecule is CCCCCCCCCCCCNS(=O)(=O)c1ccc(CNCc2ccc(C(F)(F)F)cc2)s1. The van der Waals surface area contributed by atoms with Gasteiger partial charge in [0.05, 0.1) is 5.56 Å². The average Bonchev–Trinajstić information content (AvgIpc) is 3.27. The molecule has 0 radical (unpaired) electrons. The normalized spacial score (nSPS) is 12.4. The van der Waals surface area contributed by atoms with E-state index in [1.807, 2.05) is 0 Å². The van der Waals surface area contributed by atoms with Gasteiger partial charge in [-0.3, -0.25) is 0 Å². The number of sulfonamides is 1. The molecule has 9 heteroatoms. The first-order chi connectivity index (χ1) is 16.2. The summed E-state index contributed by atoms with van der Waals surface area (Å²) in [6.07, 6.45) is 7.69. The van der Waals surface area contributed by atoms with Crippen LogP contribution in [0.3, 0.4) is 0 Å². The van der Waals surface area contributed by atoms with Crippen LogP contribution in [0.4, 0.5) is 13.2 Å². The molecule has 0 aliphatic carbocycles. The third kappa shape index (κ3) is 10.9. The maximum absolute atomic E-state index is 12.6. The number of halogens is 3. The second-order valence-electron chi connectivity index (χ2n) is 8.60. The van der Waals surface area contributed by atoms with Crippen molar-refractivity contribution in [3.63, 3.8) is 0 Å². The van der Waals surface area contributed by atoms with Crippen LogP contribution in [-0.2, 0) is 29.3 Å². The van der Waals surface area contributed by atoms with Gasteiger partial charge in [0.2, 0.25) is 10.0 Å². The second-order valence-corrected chi connectivity index (χ2v) is 11.8. The van der Waals surface area contributed by atoms with Crippen molar-refractivity contribution in [2.75, 3.05) is 6.54 Å². The molecule has 0 aliphatic heterocycles. The monoisotopic (exact) mass is 518 g/mol. The van der Waals surface area contributed by atoms with Gasteiger partial charge in [-0.1, -0.05) is 76.8 Å². The Morgan fingerprint density at radius 1 is 0.794 bits per heavy atom. The molecule has 0 aliphatic rings. The highest BCUT2D eigenvalue weighted by Crippen LogP contribution is 2.29.